The number of carboxylic acids is 1. The molecule has 0 aromatic heterocycles. The van der Waals surface area contributed by atoms with Gasteiger partial charge in [0.2, 0.25) is 0 Å². The van der Waals surface area contributed by atoms with Crippen LogP contribution in [0.1, 0.15) is 34.5 Å². The molecule has 0 aromatic rings. The van der Waals surface area contributed by atoms with Crippen LogP contribution < -0.4 is 51.4 Å². The molecule has 0 saturated heterocycles. The molecule has 0 radical (unpaired) electrons. The summed E-state index contributed by atoms with van der Waals surface area (Å²) in [5.74, 6) is -0.839. The summed E-state index contributed by atoms with van der Waals surface area (Å²) in [7, 11) is 0. The first-order valence-electron chi connectivity index (χ1n) is 3.41. The van der Waals surface area contributed by atoms with Crippen LogP contribution in [0, 0.1) is 5.92 Å². The van der Waals surface area contributed by atoms with Crippen LogP contribution in [0.2, 0.25) is 0 Å². The van der Waals surface area contributed by atoms with Gasteiger partial charge in [-0.2, -0.15) is 0 Å². The molecule has 0 amide bonds. The van der Waals surface area contributed by atoms with E-state index in [2.05, 4.69) is 6.92 Å². The minimum absolute atomic E-state index is 0. The van der Waals surface area contributed by atoms with E-state index in [4.69, 9.17) is 5.11 Å². The van der Waals surface area contributed by atoms with Gasteiger partial charge in [-0.1, -0.05) is 26.7 Å². The summed E-state index contributed by atoms with van der Waals surface area (Å²) >= 11 is 0. The second-order valence-electron chi connectivity index (χ2n) is 2.38. The minimum atomic E-state index is -0.677. The fourth-order valence-electron chi connectivity index (χ4n) is 0.634. The standard InChI is InChI=1S/C7H14O2.K.H/c1-3-4-5-6(2)7(8)9;;/h6H,3-5H2,1-2H3,(H,8,9);;/q;+1;-1. The summed E-state index contributed by atoms with van der Waals surface area (Å²) < 4.78 is 0. The monoisotopic (exact) mass is 170 g/mol. The van der Waals surface area contributed by atoms with Crippen LogP contribution >= 0.6 is 0 Å². The SMILES string of the molecule is CCCCC(C)C(=O)O.[H-].[K+]. The van der Waals surface area contributed by atoms with Crippen molar-refractivity contribution in [2.75, 3.05) is 0 Å². The van der Waals surface area contributed by atoms with Crippen molar-refractivity contribution >= 4 is 5.97 Å². The van der Waals surface area contributed by atoms with E-state index in [1.54, 1.807) is 6.92 Å². The van der Waals surface area contributed by atoms with Crippen molar-refractivity contribution < 1.29 is 62.7 Å². The molecule has 0 aliphatic heterocycles. The van der Waals surface area contributed by atoms with E-state index in [1.807, 2.05) is 0 Å². The molecular weight excluding hydrogens is 155 g/mol. The molecule has 0 heterocycles. The van der Waals surface area contributed by atoms with Crippen molar-refractivity contribution in [1.29, 1.82) is 0 Å². The van der Waals surface area contributed by atoms with Gasteiger partial charge in [-0.05, 0) is 6.42 Å². The summed E-state index contributed by atoms with van der Waals surface area (Å²) in [6, 6.07) is 0. The van der Waals surface area contributed by atoms with E-state index in [1.165, 1.54) is 0 Å². The third-order valence-electron chi connectivity index (χ3n) is 1.41. The van der Waals surface area contributed by atoms with Gasteiger partial charge in [0.05, 0.1) is 5.92 Å². The fraction of sp³-hybridized carbons (Fsp3) is 0.857. The zero-order valence-corrected chi connectivity index (χ0v) is 10.2. The molecule has 1 unspecified atom stereocenters. The van der Waals surface area contributed by atoms with E-state index in [9.17, 15) is 4.79 Å². The molecule has 10 heavy (non-hydrogen) atoms. The second kappa shape index (κ2) is 8.21. The van der Waals surface area contributed by atoms with Gasteiger partial charge in [0, 0.05) is 0 Å². The van der Waals surface area contributed by atoms with Crippen LogP contribution in [0.4, 0.5) is 0 Å². The summed E-state index contributed by atoms with van der Waals surface area (Å²) in [5.41, 5.74) is 0. The van der Waals surface area contributed by atoms with Crippen LogP contribution in [0.5, 0.6) is 0 Å². The first kappa shape index (κ1) is 13.7. The van der Waals surface area contributed by atoms with Gasteiger partial charge in [0.1, 0.15) is 0 Å². The number of hydrogen-bond donors (Lipinski definition) is 1. The predicted molar refractivity (Wildman–Crippen MR) is 37.4 cm³/mol. The van der Waals surface area contributed by atoms with Crippen LogP contribution in [0.15, 0.2) is 0 Å². The molecule has 0 aromatic carbocycles. The molecule has 1 atom stereocenters. The average molecular weight is 170 g/mol. The van der Waals surface area contributed by atoms with Crippen LogP contribution in [0.3, 0.4) is 0 Å². The molecule has 0 saturated carbocycles. The Bertz CT molecular complexity index is 98.4. The largest absolute Gasteiger partial charge is 1.00 e. The summed E-state index contributed by atoms with van der Waals surface area (Å²) in [6.45, 7) is 3.81. The summed E-state index contributed by atoms with van der Waals surface area (Å²) in [6.07, 6.45) is 2.91. The third-order valence-corrected chi connectivity index (χ3v) is 1.41. The molecule has 2 nitrogen and oxygen atoms in total. The van der Waals surface area contributed by atoms with Crippen molar-refractivity contribution in [2.45, 2.75) is 33.1 Å². The molecule has 0 bridgehead atoms. The maximum absolute atomic E-state index is 10.2. The average Bonchev–Trinajstić information content (AvgIpc) is 1.82. The number of hydrogen-bond acceptors (Lipinski definition) is 1. The van der Waals surface area contributed by atoms with Gasteiger partial charge >= 0.3 is 57.4 Å². The zero-order chi connectivity index (χ0) is 7.28. The molecular formula is C7H15KO2. The molecule has 56 valence electrons. The molecule has 0 rings (SSSR count). The zero-order valence-electron chi connectivity index (χ0n) is 8.05. The Morgan fingerprint density at radius 1 is 1.70 bits per heavy atom. The maximum Gasteiger partial charge on any atom is 1.00 e. The number of carboxylic acid groups (broad SMARTS) is 1. The van der Waals surface area contributed by atoms with Gasteiger partial charge in [-0.15, -0.1) is 0 Å². The Labute approximate surface area is 106 Å². The number of unbranched alkanes of at least 4 members (excludes halogenated alkanes) is 1. The van der Waals surface area contributed by atoms with E-state index in [-0.39, 0.29) is 58.7 Å². The topological polar surface area (TPSA) is 37.3 Å². The second-order valence-corrected chi connectivity index (χ2v) is 2.38. The normalized spacial score (nSPS) is 11.8. The molecule has 3 heteroatoms. The van der Waals surface area contributed by atoms with E-state index < -0.39 is 5.97 Å². The fourth-order valence-corrected chi connectivity index (χ4v) is 0.634. The molecule has 0 fully saturated rings. The Morgan fingerprint density at radius 3 is 2.50 bits per heavy atom. The van der Waals surface area contributed by atoms with Gasteiger partial charge in [0.15, 0.2) is 0 Å². The van der Waals surface area contributed by atoms with Crippen molar-refractivity contribution in [2.24, 2.45) is 5.92 Å². The first-order chi connectivity index (χ1) is 4.18. The Morgan fingerprint density at radius 2 is 2.20 bits per heavy atom. The van der Waals surface area contributed by atoms with Crippen molar-refractivity contribution in [3.8, 4) is 0 Å². The maximum atomic E-state index is 10.2. The van der Waals surface area contributed by atoms with Crippen molar-refractivity contribution in [3.63, 3.8) is 0 Å². The number of rotatable bonds is 4. The van der Waals surface area contributed by atoms with Gasteiger partial charge in [-0.3, -0.25) is 4.79 Å². The first-order valence-corrected chi connectivity index (χ1v) is 3.41. The van der Waals surface area contributed by atoms with E-state index in [0.717, 1.165) is 19.3 Å². The van der Waals surface area contributed by atoms with Crippen LogP contribution in [-0.4, -0.2) is 11.1 Å². The molecule has 0 aliphatic rings. The molecule has 1 N–H and O–H groups in total. The minimum Gasteiger partial charge on any atom is -1.00 e. The Kier molecular flexibility index (Phi) is 11.2. The number of aliphatic carboxylic acids is 1. The van der Waals surface area contributed by atoms with Crippen LogP contribution in [0.25, 0.3) is 0 Å². The van der Waals surface area contributed by atoms with Crippen molar-refractivity contribution in [3.05, 3.63) is 0 Å². The van der Waals surface area contributed by atoms with Gasteiger partial charge < -0.3 is 6.53 Å². The van der Waals surface area contributed by atoms with Gasteiger partial charge in [0.25, 0.3) is 0 Å². The van der Waals surface area contributed by atoms with Gasteiger partial charge in [-0.25, -0.2) is 0 Å². The van der Waals surface area contributed by atoms with E-state index >= 15 is 0 Å². The summed E-state index contributed by atoms with van der Waals surface area (Å²) in [5, 5.41) is 8.41. The van der Waals surface area contributed by atoms with Crippen molar-refractivity contribution in [1.82, 2.24) is 0 Å². The smallest absolute Gasteiger partial charge is 1.00 e. The third kappa shape index (κ3) is 7.22. The van der Waals surface area contributed by atoms with E-state index in [0.29, 0.717) is 0 Å². The van der Waals surface area contributed by atoms with Crippen LogP contribution in [-0.2, 0) is 4.79 Å². The quantitative estimate of drug-likeness (QED) is 0.550. The predicted octanol–water partition coefficient (Wildman–Crippen LogP) is -0.986. The Balaban J connectivity index is -0.000000320. The number of carbonyl (C=O) groups is 1. The molecule has 0 spiro atoms. The molecule has 0 aliphatic carbocycles. The summed E-state index contributed by atoms with van der Waals surface area (Å²) in [4.78, 5) is 10.2. The Hall–Kier alpha value is 1.11.